The predicted octanol–water partition coefficient (Wildman–Crippen LogP) is 3.27. The van der Waals surface area contributed by atoms with E-state index in [1.54, 1.807) is 18.6 Å². The summed E-state index contributed by atoms with van der Waals surface area (Å²) in [7, 11) is 1.70. The van der Waals surface area contributed by atoms with Crippen LogP contribution in [0, 0.1) is 46.3 Å². The first-order valence-corrected chi connectivity index (χ1v) is 13.4. The van der Waals surface area contributed by atoms with E-state index < -0.39 is 5.60 Å². The number of methoxy groups -OCH3 is 1. The molecule has 0 aromatic rings. The fourth-order valence-corrected chi connectivity index (χ4v) is 8.85. The van der Waals surface area contributed by atoms with Gasteiger partial charge in [-0.25, -0.2) is 5.43 Å². The van der Waals surface area contributed by atoms with E-state index in [0.29, 0.717) is 42.2 Å². The van der Waals surface area contributed by atoms with Gasteiger partial charge in [0.25, 0.3) is 0 Å². The second kappa shape index (κ2) is 9.44. The number of ether oxygens (including phenoxy) is 1. The van der Waals surface area contributed by atoms with Gasteiger partial charge >= 0.3 is 0 Å². The van der Waals surface area contributed by atoms with Gasteiger partial charge in [0, 0.05) is 13.0 Å². The molecule has 0 bridgehead atoms. The Kier molecular flexibility index (Phi) is 6.68. The highest BCUT2D eigenvalue weighted by molar-refractivity contribution is 6.49. The third-order valence-corrected chi connectivity index (χ3v) is 10.3. The molecule has 6 heteroatoms. The van der Waals surface area contributed by atoms with Crippen LogP contribution in [0.1, 0.15) is 64.7 Å². The second-order valence-electron chi connectivity index (χ2n) is 12.0. The van der Waals surface area contributed by atoms with Crippen molar-refractivity contribution >= 4 is 17.2 Å². The third-order valence-electron chi connectivity index (χ3n) is 10.3. The Morgan fingerprint density at radius 1 is 1.12 bits per heavy atom. The minimum absolute atomic E-state index is 0.123. The van der Waals surface area contributed by atoms with Crippen molar-refractivity contribution in [2.45, 2.75) is 70.3 Å². The number of quaternary nitrogens is 1. The molecule has 0 aliphatic heterocycles. The summed E-state index contributed by atoms with van der Waals surface area (Å²) in [6.45, 7) is 3.24. The molecule has 0 heterocycles. The molecule has 0 aromatic heterocycles. The van der Waals surface area contributed by atoms with Gasteiger partial charge in [-0.1, -0.05) is 24.2 Å². The van der Waals surface area contributed by atoms with E-state index in [0.717, 1.165) is 49.9 Å². The number of nitrogens with two attached hydrogens (primary N) is 1. The van der Waals surface area contributed by atoms with Gasteiger partial charge in [0.2, 0.25) is 0 Å². The molecule has 0 amide bonds. The van der Waals surface area contributed by atoms with E-state index in [-0.39, 0.29) is 11.3 Å². The van der Waals surface area contributed by atoms with Crippen LogP contribution in [-0.2, 0) is 9.53 Å². The summed E-state index contributed by atoms with van der Waals surface area (Å²) in [4.78, 5) is 13.3. The highest BCUT2D eigenvalue weighted by Gasteiger charge is 2.59. The fourth-order valence-electron chi connectivity index (χ4n) is 8.85. The summed E-state index contributed by atoms with van der Waals surface area (Å²) >= 11 is 0. The smallest absolute Gasteiger partial charge is 0.192 e. The molecule has 4 fully saturated rings. The molecule has 8 unspecified atom stereocenters. The molecular weight excluding hydrogens is 426 g/mol. The second-order valence-corrected chi connectivity index (χ2v) is 12.0. The van der Waals surface area contributed by atoms with Gasteiger partial charge in [-0.3, -0.25) is 10.2 Å². The molecule has 0 aromatic carbocycles. The number of Topliss-reactive ketones (excluding diaryl/α,β-unsaturated/α-hetero) is 1. The highest BCUT2D eigenvalue weighted by Crippen LogP contribution is 2.64. The molecule has 4 N–H and O–H groups in total. The van der Waals surface area contributed by atoms with Crippen LogP contribution in [0.25, 0.3) is 0 Å². The van der Waals surface area contributed by atoms with Crippen LogP contribution in [0.15, 0.2) is 29.4 Å². The lowest BCUT2D eigenvalue weighted by molar-refractivity contribution is -0.650. The molecule has 0 saturated heterocycles. The van der Waals surface area contributed by atoms with E-state index in [9.17, 15) is 9.90 Å². The number of nitrogens with zero attached hydrogens (tertiary/aromatic N) is 1. The first kappa shape index (κ1) is 24.1. The zero-order chi connectivity index (χ0) is 23.9. The quantitative estimate of drug-likeness (QED) is 0.317. The Bertz CT molecular complexity index is 911. The number of nitrogens with one attached hydrogen (secondary N) is 1. The van der Waals surface area contributed by atoms with E-state index in [4.69, 9.17) is 10.1 Å². The van der Waals surface area contributed by atoms with Crippen LogP contribution in [0.5, 0.6) is 0 Å². The van der Waals surface area contributed by atoms with Crippen LogP contribution < -0.4 is 5.43 Å². The molecule has 186 valence electrons. The molecule has 6 nitrogen and oxygen atoms in total. The maximum Gasteiger partial charge on any atom is 0.192 e. The first-order chi connectivity index (χ1) is 16.3. The molecule has 8 atom stereocenters. The topological polar surface area (TPSA) is 99.3 Å². The number of rotatable bonds is 6. The maximum absolute atomic E-state index is 13.3. The van der Waals surface area contributed by atoms with Gasteiger partial charge in [0.05, 0.1) is 17.9 Å². The molecule has 5 rings (SSSR count). The fraction of sp³-hybridized carbons (Fsp3) is 0.750. The van der Waals surface area contributed by atoms with Crippen LogP contribution in [-0.4, -0.2) is 48.2 Å². The van der Waals surface area contributed by atoms with Gasteiger partial charge in [0.1, 0.15) is 5.71 Å². The lowest BCUT2D eigenvalue weighted by Gasteiger charge is -2.57. The van der Waals surface area contributed by atoms with Gasteiger partial charge in [-0.2, -0.15) is 0 Å². The van der Waals surface area contributed by atoms with E-state index in [2.05, 4.69) is 12.0 Å². The highest BCUT2D eigenvalue weighted by atomic mass is 16.5. The lowest BCUT2D eigenvalue weighted by Crippen LogP contribution is -2.81. The minimum atomic E-state index is -0.626. The van der Waals surface area contributed by atoms with Crippen LogP contribution in [0.2, 0.25) is 0 Å². The average molecular weight is 469 g/mol. The standard InChI is InChI=1S/C28H41N3O3/c1-27-13-11-20-19-12-14-28(33,17-34-2)15-18(19)7-8-21(20)22(27)9-10-23(27)26(32)16-30-31-25-6-4-3-5-24(25)29/h3-6,18-23,29-30,33H,7-17H2,1-2H3/p+1. The van der Waals surface area contributed by atoms with Crippen molar-refractivity contribution in [3.63, 3.8) is 0 Å². The van der Waals surface area contributed by atoms with Gasteiger partial charge in [0.15, 0.2) is 12.3 Å². The molecule has 5 aliphatic rings. The number of carbonyl (C=O) groups is 1. The van der Waals surface area contributed by atoms with Gasteiger partial charge in [-0.15, -0.1) is 0 Å². The molecule has 4 saturated carbocycles. The third kappa shape index (κ3) is 4.27. The van der Waals surface area contributed by atoms with Crippen molar-refractivity contribution in [1.29, 1.82) is 5.41 Å². The zero-order valence-corrected chi connectivity index (χ0v) is 20.8. The number of hydrogen-bond donors (Lipinski definition) is 3. The number of ketones is 1. The monoisotopic (exact) mass is 468 g/mol. The Hall–Kier alpha value is -1.63. The Morgan fingerprint density at radius 2 is 1.91 bits per heavy atom. The number of allylic oxidation sites excluding steroid dienone is 4. The van der Waals surface area contributed by atoms with E-state index in [1.807, 2.05) is 18.2 Å². The summed E-state index contributed by atoms with van der Waals surface area (Å²) in [5, 5.41) is 23.3. The number of aliphatic hydroxyl groups is 1. The van der Waals surface area contributed by atoms with Gasteiger partial charge < -0.3 is 9.84 Å². The summed E-state index contributed by atoms with van der Waals surface area (Å²) < 4.78 is 5.33. The van der Waals surface area contributed by atoms with Gasteiger partial charge in [-0.05, 0) is 105 Å². The summed E-state index contributed by atoms with van der Waals surface area (Å²) in [6, 6.07) is 0. The Morgan fingerprint density at radius 3 is 2.71 bits per heavy atom. The molecule has 34 heavy (non-hydrogen) atoms. The van der Waals surface area contributed by atoms with E-state index in [1.165, 1.54) is 25.7 Å². The van der Waals surface area contributed by atoms with Crippen molar-refractivity contribution < 1.29 is 20.1 Å². The Labute approximate surface area is 203 Å². The van der Waals surface area contributed by atoms with Crippen LogP contribution in [0.4, 0.5) is 0 Å². The molecular formula is C28H42N3O3+. The first-order valence-electron chi connectivity index (χ1n) is 13.4. The number of hydrogen-bond acceptors (Lipinski definition) is 5. The molecule has 0 radical (unpaired) electrons. The van der Waals surface area contributed by atoms with Crippen molar-refractivity contribution in [2.24, 2.45) is 46.0 Å². The number of carbonyl (C=O) groups excluding carboxylic acids is 1. The summed E-state index contributed by atoms with van der Waals surface area (Å²) in [5.41, 5.74) is 2.26. The SMILES string of the molecule is COCC1(O)CCC2C(CCC3C2CCC2(C)C(C(=O)C[NH2+]N=C4C=CC=CC4=N)CCC32)C1. The predicted molar refractivity (Wildman–Crippen MR) is 133 cm³/mol. The summed E-state index contributed by atoms with van der Waals surface area (Å²) in [5.74, 6) is 4.04. The van der Waals surface area contributed by atoms with Crippen molar-refractivity contribution in [1.82, 2.24) is 0 Å². The summed E-state index contributed by atoms with van der Waals surface area (Å²) in [6.07, 6.45) is 17.3. The average Bonchev–Trinajstić information content (AvgIpc) is 3.17. The largest absolute Gasteiger partial charge is 0.387 e. The molecule has 5 aliphatic carbocycles. The van der Waals surface area contributed by atoms with Crippen LogP contribution in [0.3, 0.4) is 0 Å². The van der Waals surface area contributed by atoms with E-state index >= 15 is 0 Å². The van der Waals surface area contributed by atoms with Crippen LogP contribution >= 0.6 is 0 Å². The maximum atomic E-state index is 13.3. The lowest BCUT2D eigenvalue weighted by atomic mass is 9.49. The van der Waals surface area contributed by atoms with Crippen molar-refractivity contribution in [3.8, 4) is 0 Å². The van der Waals surface area contributed by atoms with Crippen molar-refractivity contribution in [3.05, 3.63) is 24.3 Å². The minimum Gasteiger partial charge on any atom is -0.387 e. The van der Waals surface area contributed by atoms with Crippen molar-refractivity contribution in [2.75, 3.05) is 20.3 Å². The Balaban J connectivity index is 1.22. The molecule has 0 spiro atoms. The zero-order valence-electron chi connectivity index (χ0n) is 20.8. The number of fused-ring (bicyclic) bond motifs is 5. The normalized spacial score (nSPS) is 44.6.